The van der Waals surface area contributed by atoms with Crippen molar-refractivity contribution < 1.29 is 13.2 Å². The fourth-order valence-corrected chi connectivity index (χ4v) is 4.97. The number of sulfonamides is 1. The van der Waals surface area contributed by atoms with Crippen LogP contribution in [0, 0.1) is 0 Å². The van der Waals surface area contributed by atoms with Gasteiger partial charge in [0.15, 0.2) is 11.3 Å². The van der Waals surface area contributed by atoms with Crippen molar-refractivity contribution in [2.24, 2.45) is 0 Å². The third kappa shape index (κ3) is 5.27. The summed E-state index contributed by atoms with van der Waals surface area (Å²) in [6.07, 6.45) is 2.88. The molecule has 0 atom stereocenters. The number of nitrogens with one attached hydrogen (secondary N) is 3. The Morgan fingerprint density at radius 2 is 1.94 bits per heavy atom. The van der Waals surface area contributed by atoms with E-state index in [1.807, 2.05) is 32.8 Å². The molecule has 0 spiro atoms. The third-order valence-electron chi connectivity index (χ3n) is 5.61. The zero-order valence-electron chi connectivity index (χ0n) is 21.0. The Balaban J connectivity index is 1.77. The maximum atomic E-state index is 13.0. The number of aryl methyl sites for hydroxylation is 1. The number of aromatic amines is 2. The van der Waals surface area contributed by atoms with Gasteiger partial charge in [-0.3, -0.25) is 4.98 Å². The van der Waals surface area contributed by atoms with E-state index >= 15 is 0 Å². The highest BCUT2D eigenvalue weighted by Crippen LogP contribution is 2.32. The molecule has 0 bridgehead atoms. The van der Waals surface area contributed by atoms with Crippen LogP contribution in [0.3, 0.4) is 0 Å². The minimum absolute atomic E-state index is 0.0954. The quantitative estimate of drug-likeness (QED) is 0.242. The Labute approximate surface area is 209 Å². The lowest BCUT2D eigenvalue weighted by molar-refractivity contribution is 0.318. The molecule has 3 N–H and O–H groups in total. The highest BCUT2D eigenvalue weighted by Gasteiger charge is 2.21. The average molecular weight is 517 g/mol. The molecule has 4 rings (SSSR count). The van der Waals surface area contributed by atoms with Crippen molar-refractivity contribution in [3.05, 3.63) is 34.5 Å². The Morgan fingerprint density at radius 1 is 1.14 bits per heavy atom. The molecule has 0 amide bonds. The van der Waals surface area contributed by atoms with Crippen molar-refractivity contribution in [2.75, 3.05) is 33.8 Å². The molecule has 13 heteroatoms. The zero-order chi connectivity index (χ0) is 25.9. The van der Waals surface area contributed by atoms with Gasteiger partial charge < -0.3 is 14.6 Å². The van der Waals surface area contributed by atoms with Crippen molar-refractivity contribution >= 4 is 26.8 Å². The van der Waals surface area contributed by atoms with Crippen LogP contribution >= 0.6 is 0 Å². The van der Waals surface area contributed by atoms with Crippen molar-refractivity contribution in [3.63, 3.8) is 0 Å². The molecule has 0 aliphatic carbocycles. The second kappa shape index (κ2) is 10.8. The topological polar surface area (TPSA) is 150 Å². The lowest BCUT2D eigenvalue weighted by Gasteiger charge is -2.13. The van der Waals surface area contributed by atoms with Gasteiger partial charge in [0, 0.05) is 13.0 Å². The summed E-state index contributed by atoms with van der Waals surface area (Å²) in [5.41, 5.74) is 1.23. The number of imidazole rings is 1. The molecule has 12 nitrogen and oxygen atoms in total. The van der Waals surface area contributed by atoms with Crippen molar-refractivity contribution in [2.45, 2.75) is 44.4 Å². The third-order valence-corrected chi connectivity index (χ3v) is 7.07. The number of rotatable bonds is 12. The van der Waals surface area contributed by atoms with E-state index in [-0.39, 0.29) is 10.6 Å². The summed E-state index contributed by atoms with van der Waals surface area (Å²) >= 11 is 0. The van der Waals surface area contributed by atoms with E-state index in [9.17, 15) is 13.2 Å². The van der Waals surface area contributed by atoms with Crippen LogP contribution in [-0.4, -0.2) is 76.7 Å². The number of aromatic nitrogens is 6. The monoisotopic (exact) mass is 516 g/mol. The summed E-state index contributed by atoms with van der Waals surface area (Å²) in [7, 11) is 0.127. The first-order valence-corrected chi connectivity index (χ1v) is 13.5. The lowest BCUT2D eigenvalue weighted by Crippen LogP contribution is -2.27. The van der Waals surface area contributed by atoms with Crippen LogP contribution in [0.1, 0.15) is 38.9 Å². The van der Waals surface area contributed by atoms with Crippen LogP contribution in [-0.2, 0) is 16.4 Å². The molecular weight excluding hydrogens is 484 g/mol. The Hall–Kier alpha value is -3.29. The first-order valence-electron chi connectivity index (χ1n) is 12.0. The number of fused-ring (bicyclic) bond motifs is 3. The second-order valence-corrected chi connectivity index (χ2v) is 10.6. The van der Waals surface area contributed by atoms with E-state index in [1.165, 1.54) is 16.5 Å². The summed E-state index contributed by atoms with van der Waals surface area (Å²) in [4.78, 5) is 25.3. The maximum absolute atomic E-state index is 13.0. The van der Waals surface area contributed by atoms with Gasteiger partial charge in [-0.25, -0.2) is 27.3 Å². The van der Waals surface area contributed by atoms with Crippen LogP contribution in [0.25, 0.3) is 28.2 Å². The van der Waals surface area contributed by atoms with Gasteiger partial charge in [-0.05, 0) is 58.1 Å². The largest absolute Gasteiger partial charge is 0.493 e. The Kier molecular flexibility index (Phi) is 7.71. The van der Waals surface area contributed by atoms with Gasteiger partial charge in [0.25, 0.3) is 0 Å². The number of hydrogen-bond donors (Lipinski definition) is 3. The average Bonchev–Trinajstić information content (AvgIpc) is 3.45. The number of nitrogens with zero attached hydrogens (tertiary/aromatic N) is 5. The summed E-state index contributed by atoms with van der Waals surface area (Å²) in [5, 5.41) is 8.36. The molecule has 0 aliphatic rings. The van der Waals surface area contributed by atoms with Crippen LogP contribution in [0.4, 0.5) is 0 Å². The van der Waals surface area contributed by atoms with Crippen molar-refractivity contribution in [1.29, 1.82) is 0 Å². The number of benzene rings is 1. The van der Waals surface area contributed by atoms with E-state index in [1.54, 1.807) is 6.07 Å². The molecule has 194 valence electrons. The van der Waals surface area contributed by atoms with Gasteiger partial charge in [-0.1, -0.05) is 13.8 Å². The standard InChI is InChI=1S/C23H32N8O4S/c1-5-8-18-28-29-22-19-21(27-23(32)31(18)22)26-20(25-19)16-14-15(9-10-17(16)35-13-6-2)36(33,34)24-11-7-12-30(3)4/h9-10,14,24H,5-8,11-13H2,1-4H3,(H,25,26)(H,27,32). The molecule has 3 aromatic heterocycles. The minimum atomic E-state index is -3.75. The van der Waals surface area contributed by atoms with E-state index < -0.39 is 10.0 Å². The highest BCUT2D eigenvalue weighted by molar-refractivity contribution is 7.89. The van der Waals surface area contributed by atoms with E-state index in [0.29, 0.717) is 65.8 Å². The first-order chi connectivity index (χ1) is 17.2. The number of H-pyrrole nitrogens is 2. The predicted molar refractivity (Wildman–Crippen MR) is 137 cm³/mol. The molecule has 3 heterocycles. The normalized spacial score (nSPS) is 12.2. The lowest BCUT2D eigenvalue weighted by atomic mass is 10.2. The van der Waals surface area contributed by atoms with E-state index in [0.717, 1.165) is 19.4 Å². The summed E-state index contributed by atoms with van der Waals surface area (Å²) in [6.45, 7) is 5.52. The molecule has 0 radical (unpaired) electrons. The molecule has 0 saturated heterocycles. The fourth-order valence-electron chi connectivity index (χ4n) is 3.87. The molecule has 0 aliphatic heterocycles. The van der Waals surface area contributed by atoms with Crippen molar-refractivity contribution in [3.8, 4) is 17.1 Å². The zero-order valence-corrected chi connectivity index (χ0v) is 21.8. The summed E-state index contributed by atoms with van der Waals surface area (Å²) < 4.78 is 35.9. The SMILES string of the molecule is CCCOc1ccc(S(=O)(=O)NCCCN(C)C)cc1-c1nc2[nH]c(=O)n3c(CCC)nnc3c2[nH]1. The molecule has 36 heavy (non-hydrogen) atoms. The second-order valence-electron chi connectivity index (χ2n) is 8.83. The van der Waals surface area contributed by atoms with Gasteiger partial charge in [0.05, 0.1) is 17.1 Å². The van der Waals surface area contributed by atoms with Gasteiger partial charge in [-0.15, -0.1) is 10.2 Å². The van der Waals surface area contributed by atoms with Gasteiger partial charge in [0.2, 0.25) is 10.0 Å². The van der Waals surface area contributed by atoms with E-state index in [2.05, 4.69) is 29.9 Å². The number of hydrogen-bond acceptors (Lipinski definition) is 8. The number of ether oxygens (including phenoxy) is 1. The molecule has 4 aromatic rings. The van der Waals surface area contributed by atoms with E-state index in [4.69, 9.17) is 4.74 Å². The minimum Gasteiger partial charge on any atom is -0.493 e. The molecular formula is C23H32N8O4S. The molecule has 0 fully saturated rings. The maximum Gasteiger partial charge on any atom is 0.334 e. The predicted octanol–water partition coefficient (Wildman–Crippen LogP) is 1.93. The Morgan fingerprint density at radius 3 is 2.67 bits per heavy atom. The van der Waals surface area contributed by atoms with Crippen LogP contribution in [0.5, 0.6) is 5.75 Å². The van der Waals surface area contributed by atoms with Gasteiger partial charge in [0.1, 0.15) is 22.9 Å². The molecule has 1 aromatic carbocycles. The smallest absolute Gasteiger partial charge is 0.334 e. The van der Waals surface area contributed by atoms with Crippen molar-refractivity contribution in [1.82, 2.24) is 39.2 Å². The summed E-state index contributed by atoms with van der Waals surface area (Å²) in [5.74, 6) is 1.39. The molecule has 0 unspecified atom stereocenters. The molecule has 0 saturated carbocycles. The van der Waals surface area contributed by atoms with Gasteiger partial charge >= 0.3 is 5.69 Å². The fraction of sp³-hybridized carbons (Fsp3) is 0.478. The van der Waals surface area contributed by atoms with Gasteiger partial charge in [-0.2, -0.15) is 0 Å². The highest BCUT2D eigenvalue weighted by atomic mass is 32.2. The summed E-state index contributed by atoms with van der Waals surface area (Å²) in [6, 6.07) is 4.67. The van der Waals surface area contributed by atoms with Crippen LogP contribution < -0.4 is 15.1 Å². The van der Waals surface area contributed by atoms with Crippen LogP contribution in [0.2, 0.25) is 0 Å². The Bertz CT molecular complexity index is 1520. The first kappa shape index (κ1) is 25.8. The van der Waals surface area contributed by atoms with Crippen LogP contribution in [0.15, 0.2) is 27.9 Å².